The Morgan fingerprint density at radius 3 is 2.47 bits per heavy atom. The van der Waals surface area contributed by atoms with Gasteiger partial charge in [-0.05, 0) is 42.5 Å². The zero-order valence-electron chi connectivity index (χ0n) is 21.4. The first-order chi connectivity index (χ1) is 18.6. The Hall–Kier alpha value is -4.10. The van der Waals surface area contributed by atoms with E-state index in [9.17, 15) is 14.7 Å². The summed E-state index contributed by atoms with van der Waals surface area (Å²) in [5.74, 6) is 0. The predicted octanol–water partition coefficient (Wildman–Crippen LogP) is 5.62. The van der Waals surface area contributed by atoms with Gasteiger partial charge in [0.15, 0.2) is 0 Å². The van der Waals surface area contributed by atoms with Crippen LogP contribution in [0.5, 0.6) is 0 Å². The average Bonchev–Trinajstić information content (AvgIpc) is 3.28. The topological polar surface area (TPSA) is 81.6 Å². The first-order valence-electron chi connectivity index (χ1n) is 13.2. The van der Waals surface area contributed by atoms with Crippen LogP contribution in [0.2, 0.25) is 0 Å². The van der Waals surface area contributed by atoms with Crippen LogP contribution in [0, 0.1) is 0 Å². The van der Waals surface area contributed by atoms with Crippen LogP contribution in [0.15, 0.2) is 95.8 Å². The van der Waals surface area contributed by atoms with Crippen molar-refractivity contribution in [2.24, 2.45) is 0 Å². The van der Waals surface area contributed by atoms with Crippen molar-refractivity contribution in [1.82, 2.24) is 19.4 Å². The molecule has 1 aromatic heterocycles. The monoisotopic (exact) mass is 510 g/mol. The van der Waals surface area contributed by atoms with E-state index in [1.54, 1.807) is 4.90 Å². The number of nitrogens with zero attached hydrogens (tertiary/aromatic N) is 3. The number of H-pyrrole nitrogens is 1. The Morgan fingerprint density at radius 2 is 1.71 bits per heavy atom. The van der Waals surface area contributed by atoms with Gasteiger partial charge in [-0.1, -0.05) is 84.9 Å². The molecule has 1 fully saturated rings. The van der Waals surface area contributed by atoms with Gasteiger partial charge in [0.1, 0.15) is 0 Å². The van der Waals surface area contributed by atoms with Gasteiger partial charge in [-0.25, -0.2) is 9.59 Å². The number of amides is 1. The minimum Gasteiger partial charge on any atom is -0.465 e. The number of fused-ring (bicyclic) bond motifs is 1. The van der Waals surface area contributed by atoms with Gasteiger partial charge in [0.05, 0.1) is 11.0 Å². The summed E-state index contributed by atoms with van der Waals surface area (Å²) in [4.78, 5) is 31.8. The van der Waals surface area contributed by atoms with Crippen LogP contribution in [-0.2, 0) is 6.54 Å². The molecule has 4 aromatic rings. The molecule has 1 saturated heterocycles. The maximum atomic E-state index is 12.8. The van der Waals surface area contributed by atoms with Crippen molar-refractivity contribution in [2.75, 3.05) is 19.6 Å². The third-order valence-electron chi connectivity index (χ3n) is 7.42. The minimum absolute atomic E-state index is 0.0419. The summed E-state index contributed by atoms with van der Waals surface area (Å²) >= 11 is 0. The summed E-state index contributed by atoms with van der Waals surface area (Å²) in [7, 11) is 0. The van der Waals surface area contributed by atoms with Crippen LogP contribution in [0.1, 0.15) is 36.4 Å². The summed E-state index contributed by atoms with van der Waals surface area (Å²) in [6.45, 7) is 2.71. The van der Waals surface area contributed by atoms with E-state index in [0.717, 1.165) is 36.2 Å². The third kappa shape index (κ3) is 6.06. The van der Waals surface area contributed by atoms with Crippen LogP contribution in [-0.4, -0.2) is 56.2 Å². The molecule has 2 N–H and O–H groups in total. The molecule has 0 saturated carbocycles. The van der Waals surface area contributed by atoms with Crippen LogP contribution >= 0.6 is 0 Å². The van der Waals surface area contributed by atoms with Crippen LogP contribution < -0.4 is 5.69 Å². The van der Waals surface area contributed by atoms with Gasteiger partial charge in [-0.3, -0.25) is 9.47 Å². The molecule has 3 aromatic carbocycles. The molecule has 1 aliphatic rings. The molecule has 7 heteroatoms. The minimum atomic E-state index is -0.890. The first-order valence-corrected chi connectivity index (χ1v) is 13.2. The number of carboxylic acid groups (broad SMARTS) is 1. The van der Waals surface area contributed by atoms with Crippen LogP contribution in [0.4, 0.5) is 4.79 Å². The summed E-state index contributed by atoms with van der Waals surface area (Å²) in [6, 6.07) is 28.1. The molecule has 0 bridgehead atoms. The van der Waals surface area contributed by atoms with Gasteiger partial charge < -0.3 is 15.0 Å². The third-order valence-corrected chi connectivity index (χ3v) is 7.42. The highest BCUT2D eigenvalue weighted by atomic mass is 16.4. The van der Waals surface area contributed by atoms with Crippen molar-refractivity contribution < 1.29 is 9.90 Å². The van der Waals surface area contributed by atoms with E-state index in [4.69, 9.17) is 0 Å². The van der Waals surface area contributed by atoms with Gasteiger partial charge in [0.25, 0.3) is 0 Å². The SMILES string of the molecule is O=C(O)N1CCC(n2c(=O)[nH]c3ccccc32)CC1CCN(C/C=C/c1ccccc1)Cc1ccccc1. The van der Waals surface area contributed by atoms with Crippen molar-refractivity contribution in [3.63, 3.8) is 0 Å². The van der Waals surface area contributed by atoms with Crippen molar-refractivity contribution in [3.8, 4) is 0 Å². The first kappa shape index (κ1) is 25.5. The van der Waals surface area contributed by atoms with Crippen LogP contribution in [0.3, 0.4) is 0 Å². The molecule has 7 nitrogen and oxygen atoms in total. The molecule has 2 unspecified atom stereocenters. The maximum absolute atomic E-state index is 12.8. The molecule has 0 aliphatic carbocycles. The van der Waals surface area contributed by atoms with E-state index < -0.39 is 6.09 Å². The smallest absolute Gasteiger partial charge is 0.407 e. The number of benzene rings is 3. The highest BCUT2D eigenvalue weighted by molar-refractivity contribution is 5.75. The van der Waals surface area contributed by atoms with Gasteiger partial charge in [0.2, 0.25) is 0 Å². The van der Waals surface area contributed by atoms with Crippen molar-refractivity contribution in [1.29, 1.82) is 0 Å². The van der Waals surface area contributed by atoms with E-state index in [0.29, 0.717) is 25.8 Å². The quantitative estimate of drug-likeness (QED) is 0.306. The molecule has 38 heavy (non-hydrogen) atoms. The Kier molecular flexibility index (Phi) is 8.04. The molecule has 196 valence electrons. The normalized spacial score (nSPS) is 18.0. The molecular formula is C31H34N4O3. The second kappa shape index (κ2) is 12.0. The second-order valence-corrected chi connectivity index (χ2v) is 9.95. The number of aromatic amines is 1. The van der Waals surface area contributed by atoms with Gasteiger partial charge >= 0.3 is 11.8 Å². The van der Waals surface area contributed by atoms with E-state index >= 15 is 0 Å². The summed E-state index contributed by atoms with van der Waals surface area (Å²) < 4.78 is 1.83. The van der Waals surface area contributed by atoms with Gasteiger partial charge in [-0.15, -0.1) is 0 Å². The number of hydrogen-bond donors (Lipinski definition) is 2. The summed E-state index contributed by atoms with van der Waals surface area (Å²) in [5.41, 5.74) is 3.94. The second-order valence-electron chi connectivity index (χ2n) is 9.95. The lowest BCUT2D eigenvalue weighted by atomic mass is 9.94. The summed E-state index contributed by atoms with van der Waals surface area (Å²) in [5, 5.41) is 9.95. The number of carbonyl (C=O) groups is 1. The lowest BCUT2D eigenvalue weighted by Gasteiger charge is -2.39. The number of aromatic nitrogens is 2. The number of piperidine rings is 1. The fourth-order valence-corrected chi connectivity index (χ4v) is 5.54. The van der Waals surface area contributed by atoms with E-state index in [2.05, 4.69) is 46.3 Å². The molecule has 0 spiro atoms. The predicted molar refractivity (Wildman–Crippen MR) is 151 cm³/mol. The van der Waals surface area contributed by atoms with E-state index in [1.165, 1.54) is 5.56 Å². The lowest BCUT2D eigenvalue weighted by molar-refractivity contribution is 0.0827. The van der Waals surface area contributed by atoms with Crippen molar-refractivity contribution >= 4 is 23.2 Å². The Labute approximate surface area is 222 Å². The van der Waals surface area contributed by atoms with Gasteiger partial charge in [0, 0.05) is 38.3 Å². The van der Waals surface area contributed by atoms with Crippen molar-refractivity contribution in [3.05, 3.63) is 113 Å². The molecule has 1 aliphatic heterocycles. The largest absolute Gasteiger partial charge is 0.465 e. The molecule has 2 heterocycles. The number of likely N-dealkylation sites (tertiary alicyclic amines) is 1. The number of imidazole rings is 1. The molecular weight excluding hydrogens is 476 g/mol. The number of rotatable bonds is 9. The number of para-hydroxylation sites is 2. The standard InChI is InChI=1S/C31H34N4O3/c36-30-32-28-15-7-8-16-29(28)35(30)27-18-21-34(31(37)38)26(22-27)17-20-33(23-25-12-5-2-6-13-25)19-9-14-24-10-3-1-4-11-24/h1-16,26-27H,17-23H2,(H,32,36)(H,37,38)/b14-9+. The molecule has 1 amide bonds. The van der Waals surface area contributed by atoms with Crippen molar-refractivity contribution in [2.45, 2.75) is 37.9 Å². The van der Waals surface area contributed by atoms with E-state index in [1.807, 2.05) is 65.2 Å². The molecule has 0 radical (unpaired) electrons. The Bertz CT molecular complexity index is 1430. The summed E-state index contributed by atoms with van der Waals surface area (Å²) in [6.07, 6.45) is 5.35. The fourth-order valence-electron chi connectivity index (χ4n) is 5.54. The molecule has 2 atom stereocenters. The zero-order chi connectivity index (χ0) is 26.3. The fraction of sp³-hybridized carbons (Fsp3) is 0.290. The lowest BCUT2D eigenvalue weighted by Crippen LogP contribution is -2.48. The Morgan fingerprint density at radius 1 is 1.00 bits per heavy atom. The zero-order valence-corrected chi connectivity index (χ0v) is 21.4. The number of hydrogen-bond acceptors (Lipinski definition) is 3. The Balaban J connectivity index is 1.32. The molecule has 5 rings (SSSR count). The highest BCUT2D eigenvalue weighted by Gasteiger charge is 2.33. The highest BCUT2D eigenvalue weighted by Crippen LogP contribution is 2.30. The number of nitrogens with one attached hydrogen (secondary N) is 1. The van der Waals surface area contributed by atoms with Crippen LogP contribution in [0.25, 0.3) is 17.1 Å². The van der Waals surface area contributed by atoms with Gasteiger partial charge in [-0.2, -0.15) is 0 Å². The van der Waals surface area contributed by atoms with E-state index in [-0.39, 0.29) is 17.8 Å². The average molecular weight is 511 g/mol. The maximum Gasteiger partial charge on any atom is 0.407 e.